The highest BCUT2D eigenvalue weighted by molar-refractivity contribution is 8.00. The first-order valence-corrected chi connectivity index (χ1v) is 8.08. The molecule has 1 N–H and O–H groups in total. The summed E-state index contributed by atoms with van der Waals surface area (Å²) >= 11 is 2.07. The minimum atomic E-state index is 0.627. The maximum Gasteiger partial charge on any atom is 0.0282 e. The first-order chi connectivity index (χ1) is 7.83. The Morgan fingerprint density at radius 3 is 2.88 bits per heavy atom. The third kappa shape index (κ3) is 2.14. The van der Waals surface area contributed by atoms with Crippen molar-refractivity contribution in [3.63, 3.8) is 0 Å². The highest BCUT2D eigenvalue weighted by Gasteiger charge is 2.43. The first kappa shape index (κ1) is 11.4. The lowest BCUT2D eigenvalue weighted by molar-refractivity contribution is 0.180. The van der Waals surface area contributed by atoms with Crippen molar-refractivity contribution in [2.24, 2.45) is 0 Å². The molecule has 0 amide bonds. The number of thioether (sulfide) groups is 1. The van der Waals surface area contributed by atoms with E-state index in [9.17, 15) is 0 Å². The molecule has 2 saturated heterocycles. The molecule has 3 rings (SSSR count). The molecule has 0 spiro atoms. The summed E-state index contributed by atoms with van der Waals surface area (Å²) in [6.07, 6.45) is 10.8. The second-order valence-electron chi connectivity index (χ2n) is 5.76. The van der Waals surface area contributed by atoms with Gasteiger partial charge in [0.05, 0.1) is 0 Å². The summed E-state index contributed by atoms with van der Waals surface area (Å²) in [5.41, 5.74) is 0. The van der Waals surface area contributed by atoms with Gasteiger partial charge >= 0.3 is 0 Å². The van der Waals surface area contributed by atoms with Crippen molar-refractivity contribution in [2.75, 3.05) is 25.9 Å². The van der Waals surface area contributed by atoms with Gasteiger partial charge in [0.1, 0.15) is 0 Å². The second-order valence-corrected chi connectivity index (χ2v) is 7.04. The van der Waals surface area contributed by atoms with Gasteiger partial charge in [0.15, 0.2) is 0 Å². The third-order valence-corrected chi connectivity index (χ3v) is 6.20. The van der Waals surface area contributed by atoms with E-state index in [0.717, 1.165) is 12.1 Å². The highest BCUT2D eigenvalue weighted by atomic mass is 32.2. The van der Waals surface area contributed by atoms with Gasteiger partial charge in [-0.05, 0) is 44.9 Å². The maximum absolute atomic E-state index is 3.87. The Balaban J connectivity index is 1.51. The number of hydrogen-bond donors (Lipinski definition) is 1. The number of nitrogens with zero attached hydrogens (tertiary/aromatic N) is 1. The predicted octanol–water partition coefficient (Wildman–Crippen LogP) is 2.10. The molecule has 3 fully saturated rings. The van der Waals surface area contributed by atoms with Crippen LogP contribution in [-0.2, 0) is 0 Å². The second kappa shape index (κ2) is 4.51. The molecule has 1 saturated carbocycles. The van der Waals surface area contributed by atoms with Gasteiger partial charge in [-0.3, -0.25) is 4.90 Å². The summed E-state index contributed by atoms with van der Waals surface area (Å²) in [7, 11) is 0. The van der Waals surface area contributed by atoms with E-state index in [1.807, 2.05) is 0 Å². The van der Waals surface area contributed by atoms with E-state index in [1.54, 1.807) is 0 Å². The van der Waals surface area contributed by atoms with Crippen molar-refractivity contribution in [1.29, 1.82) is 0 Å². The molecule has 2 nitrogen and oxygen atoms in total. The third-order valence-electron chi connectivity index (χ3n) is 4.78. The Labute approximate surface area is 104 Å². The number of fused-ring (bicyclic) bond motifs is 1. The van der Waals surface area contributed by atoms with Crippen molar-refractivity contribution in [3.05, 3.63) is 0 Å². The van der Waals surface area contributed by atoms with Crippen LogP contribution in [0.25, 0.3) is 0 Å². The van der Waals surface area contributed by atoms with E-state index in [-0.39, 0.29) is 0 Å². The van der Waals surface area contributed by atoms with Crippen LogP contribution in [0.15, 0.2) is 0 Å². The molecule has 0 radical (unpaired) electrons. The summed E-state index contributed by atoms with van der Waals surface area (Å²) in [5, 5.41) is 3.87. The average Bonchev–Trinajstić information content (AvgIpc) is 3.01. The molecular formula is C13H24N2S. The van der Waals surface area contributed by atoms with Crippen LogP contribution in [-0.4, -0.2) is 47.6 Å². The van der Waals surface area contributed by atoms with E-state index >= 15 is 0 Å². The average molecular weight is 240 g/mol. The van der Waals surface area contributed by atoms with Crippen molar-refractivity contribution >= 4 is 11.8 Å². The van der Waals surface area contributed by atoms with E-state index in [4.69, 9.17) is 0 Å². The lowest BCUT2D eigenvalue weighted by atomic mass is 9.99. The van der Waals surface area contributed by atoms with E-state index in [1.165, 1.54) is 58.2 Å². The number of nitrogens with one attached hydrogen (secondary N) is 1. The van der Waals surface area contributed by atoms with Crippen LogP contribution in [0.2, 0.25) is 0 Å². The molecule has 2 unspecified atom stereocenters. The lowest BCUT2D eigenvalue weighted by Crippen LogP contribution is -2.46. The first-order valence-electron chi connectivity index (χ1n) is 6.86. The van der Waals surface area contributed by atoms with E-state index < -0.39 is 0 Å². The Hall–Kier alpha value is 0.270. The maximum atomic E-state index is 3.87. The molecule has 92 valence electrons. The lowest BCUT2D eigenvalue weighted by Gasteiger charge is -2.33. The standard InChI is InChI=1S/C13H24N2S/c1-16-13(6-7-13)10-14-11-5-9-15-8-3-2-4-12(11)15/h11-12,14H,2-10H2,1H3. The minimum Gasteiger partial charge on any atom is -0.311 e. The molecule has 0 aromatic heterocycles. The van der Waals surface area contributed by atoms with E-state index in [0.29, 0.717) is 4.75 Å². The SMILES string of the molecule is CSC1(CNC2CCN3CCCCC23)CC1. The molecule has 16 heavy (non-hydrogen) atoms. The smallest absolute Gasteiger partial charge is 0.0282 e. The van der Waals surface area contributed by atoms with Gasteiger partial charge in [-0.2, -0.15) is 11.8 Å². The normalized spacial score (nSPS) is 37.3. The number of hydrogen-bond acceptors (Lipinski definition) is 3. The van der Waals surface area contributed by atoms with Gasteiger partial charge < -0.3 is 5.32 Å². The summed E-state index contributed by atoms with van der Waals surface area (Å²) in [5.74, 6) is 0. The fraction of sp³-hybridized carbons (Fsp3) is 1.00. The molecule has 1 aliphatic carbocycles. The van der Waals surface area contributed by atoms with Crippen LogP contribution in [0.3, 0.4) is 0 Å². The zero-order valence-electron chi connectivity index (χ0n) is 10.4. The highest BCUT2D eigenvalue weighted by Crippen LogP contribution is 2.46. The van der Waals surface area contributed by atoms with Crippen molar-refractivity contribution < 1.29 is 0 Å². The van der Waals surface area contributed by atoms with Gasteiger partial charge in [0, 0.05) is 29.9 Å². The van der Waals surface area contributed by atoms with Gasteiger partial charge in [0.2, 0.25) is 0 Å². The van der Waals surface area contributed by atoms with Gasteiger partial charge in [0.25, 0.3) is 0 Å². The zero-order valence-corrected chi connectivity index (χ0v) is 11.2. The molecule has 0 bridgehead atoms. The van der Waals surface area contributed by atoms with Crippen LogP contribution < -0.4 is 5.32 Å². The van der Waals surface area contributed by atoms with Crippen LogP contribution in [0.5, 0.6) is 0 Å². The summed E-state index contributed by atoms with van der Waals surface area (Å²) < 4.78 is 0.627. The monoisotopic (exact) mass is 240 g/mol. The van der Waals surface area contributed by atoms with Crippen molar-refractivity contribution in [3.8, 4) is 0 Å². The molecule has 3 heteroatoms. The Kier molecular flexibility index (Phi) is 3.20. The Morgan fingerprint density at radius 2 is 2.12 bits per heavy atom. The molecule has 0 aromatic carbocycles. The summed E-state index contributed by atoms with van der Waals surface area (Å²) in [6, 6.07) is 1.66. The fourth-order valence-corrected chi connectivity index (χ4v) is 4.13. The van der Waals surface area contributed by atoms with Crippen LogP contribution in [0.1, 0.15) is 38.5 Å². The Morgan fingerprint density at radius 1 is 1.25 bits per heavy atom. The fourth-order valence-electron chi connectivity index (χ4n) is 3.40. The molecular weight excluding hydrogens is 216 g/mol. The summed E-state index contributed by atoms with van der Waals surface area (Å²) in [4.78, 5) is 2.72. The topological polar surface area (TPSA) is 15.3 Å². The van der Waals surface area contributed by atoms with Crippen molar-refractivity contribution in [1.82, 2.24) is 10.2 Å². The minimum absolute atomic E-state index is 0.627. The molecule has 2 atom stereocenters. The predicted molar refractivity (Wildman–Crippen MR) is 71.1 cm³/mol. The van der Waals surface area contributed by atoms with Crippen LogP contribution >= 0.6 is 11.8 Å². The molecule has 3 aliphatic rings. The number of rotatable bonds is 4. The largest absolute Gasteiger partial charge is 0.311 e. The molecule has 0 aromatic rings. The zero-order chi connectivity index (χ0) is 11.0. The summed E-state index contributed by atoms with van der Waals surface area (Å²) in [6.45, 7) is 3.95. The van der Waals surface area contributed by atoms with Crippen molar-refractivity contribution in [2.45, 2.75) is 55.4 Å². The van der Waals surface area contributed by atoms with Gasteiger partial charge in [-0.1, -0.05) is 6.42 Å². The number of piperidine rings is 1. The van der Waals surface area contributed by atoms with Gasteiger partial charge in [-0.15, -0.1) is 0 Å². The van der Waals surface area contributed by atoms with Crippen LogP contribution in [0, 0.1) is 0 Å². The molecule has 2 heterocycles. The Bertz CT molecular complexity index is 252. The van der Waals surface area contributed by atoms with Gasteiger partial charge in [-0.25, -0.2) is 0 Å². The van der Waals surface area contributed by atoms with Crippen LogP contribution in [0.4, 0.5) is 0 Å². The quantitative estimate of drug-likeness (QED) is 0.810. The molecule has 2 aliphatic heterocycles. The van der Waals surface area contributed by atoms with E-state index in [2.05, 4.69) is 28.2 Å².